The Hall–Kier alpha value is -1.37. The highest BCUT2D eigenvalue weighted by Gasteiger charge is 2.17. The maximum Gasteiger partial charge on any atom is 0.255 e. The number of aliphatic hydroxyl groups excluding tert-OH is 1. The van der Waals surface area contributed by atoms with Gasteiger partial charge in [-0.2, -0.15) is 0 Å². The van der Waals surface area contributed by atoms with Crippen LogP contribution in [0.4, 0.5) is 5.82 Å². The molecule has 0 aliphatic carbocycles. The van der Waals surface area contributed by atoms with Gasteiger partial charge >= 0.3 is 0 Å². The number of nitrogens with one attached hydrogen (secondary N) is 1. The third-order valence-electron chi connectivity index (χ3n) is 2.82. The van der Waals surface area contributed by atoms with Gasteiger partial charge in [0.05, 0.1) is 23.3 Å². The first-order valence-electron chi connectivity index (χ1n) is 6.81. The first kappa shape index (κ1) is 17.7. The van der Waals surface area contributed by atoms with E-state index in [1.165, 1.54) is 18.2 Å². The fourth-order valence-electron chi connectivity index (χ4n) is 1.79. The highest BCUT2D eigenvalue weighted by molar-refractivity contribution is 6.33. The van der Waals surface area contributed by atoms with E-state index in [9.17, 15) is 9.90 Å². The minimum atomic E-state index is -0.724. The molecule has 1 atom stereocenters. The van der Waals surface area contributed by atoms with Crippen LogP contribution in [0.5, 0.6) is 0 Å². The number of hydrogen-bond acceptors (Lipinski definition) is 5. The van der Waals surface area contributed by atoms with E-state index >= 15 is 0 Å². The first-order valence-corrected chi connectivity index (χ1v) is 7.19. The van der Waals surface area contributed by atoms with Gasteiger partial charge in [0.25, 0.3) is 5.91 Å². The van der Waals surface area contributed by atoms with Gasteiger partial charge in [-0.3, -0.25) is 4.79 Å². The summed E-state index contributed by atoms with van der Waals surface area (Å²) in [4.78, 5) is 17.8. The van der Waals surface area contributed by atoms with E-state index < -0.39 is 6.10 Å². The van der Waals surface area contributed by atoms with Crippen LogP contribution in [0, 0.1) is 0 Å². The van der Waals surface area contributed by atoms with Gasteiger partial charge in [-0.25, -0.2) is 4.98 Å². The number of rotatable bonds is 8. The Morgan fingerprint density at radius 2 is 2.33 bits per heavy atom. The molecule has 1 heterocycles. The molecule has 0 fully saturated rings. The summed E-state index contributed by atoms with van der Waals surface area (Å²) in [5.41, 5.74) is 0.383. The molecule has 0 spiro atoms. The van der Waals surface area contributed by atoms with Crippen LogP contribution in [-0.2, 0) is 4.74 Å². The summed E-state index contributed by atoms with van der Waals surface area (Å²) in [5, 5.41) is 13.1. The summed E-state index contributed by atoms with van der Waals surface area (Å²) < 4.78 is 4.83. The Morgan fingerprint density at radius 1 is 1.62 bits per heavy atom. The van der Waals surface area contributed by atoms with Crippen LogP contribution in [0.15, 0.2) is 12.3 Å². The molecule has 1 amide bonds. The molecule has 0 aromatic carbocycles. The largest absolute Gasteiger partial charge is 0.389 e. The SMILES string of the molecule is CCCNc1ncc(C(=O)N(C)CC(O)COC)cc1Cl. The van der Waals surface area contributed by atoms with Crippen molar-refractivity contribution in [3.63, 3.8) is 0 Å². The molecule has 7 heteroatoms. The number of amides is 1. The molecule has 0 radical (unpaired) electrons. The van der Waals surface area contributed by atoms with Crippen LogP contribution >= 0.6 is 11.6 Å². The number of ether oxygens (including phenoxy) is 1. The van der Waals surface area contributed by atoms with Crippen molar-refractivity contribution in [2.75, 3.05) is 39.2 Å². The van der Waals surface area contributed by atoms with E-state index in [0.29, 0.717) is 16.4 Å². The molecule has 6 nitrogen and oxygen atoms in total. The standard InChI is InChI=1S/C14H22ClN3O3/c1-4-5-16-13-12(15)6-10(7-17-13)14(20)18(2)8-11(19)9-21-3/h6-7,11,19H,4-5,8-9H2,1-3H3,(H,16,17). The van der Waals surface area contributed by atoms with E-state index in [1.54, 1.807) is 13.1 Å². The van der Waals surface area contributed by atoms with Crippen LogP contribution in [0.25, 0.3) is 0 Å². The highest BCUT2D eigenvalue weighted by Crippen LogP contribution is 2.20. The average Bonchev–Trinajstić information content (AvgIpc) is 2.45. The smallest absolute Gasteiger partial charge is 0.255 e. The predicted molar refractivity (Wildman–Crippen MR) is 82.9 cm³/mol. The number of aromatic nitrogens is 1. The summed E-state index contributed by atoms with van der Waals surface area (Å²) in [5.74, 6) is 0.318. The molecule has 0 saturated carbocycles. The van der Waals surface area contributed by atoms with Crippen LogP contribution < -0.4 is 5.32 Å². The lowest BCUT2D eigenvalue weighted by atomic mass is 10.2. The summed E-state index contributed by atoms with van der Waals surface area (Å²) >= 11 is 6.10. The zero-order valence-electron chi connectivity index (χ0n) is 12.6. The number of nitrogens with zero attached hydrogens (tertiary/aromatic N) is 2. The van der Waals surface area contributed by atoms with Gasteiger partial charge in [0.15, 0.2) is 0 Å². The van der Waals surface area contributed by atoms with Crippen molar-refractivity contribution in [1.29, 1.82) is 0 Å². The zero-order valence-corrected chi connectivity index (χ0v) is 13.4. The number of pyridine rings is 1. The van der Waals surface area contributed by atoms with E-state index in [0.717, 1.165) is 13.0 Å². The number of carbonyl (C=O) groups is 1. The second-order valence-electron chi connectivity index (χ2n) is 4.78. The molecule has 1 unspecified atom stereocenters. The Morgan fingerprint density at radius 3 is 2.90 bits per heavy atom. The van der Waals surface area contributed by atoms with Crippen molar-refractivity contribution >= 4 is 23.3 Å². The van der Waals surface area contributed by atoms with Crippen molar-refractivity contribution in [2.45, 2.75) is 19.4 Å². The van der Waals surface area contributed by atoms with Crippen molar-refractivity contribution in [1.82, 2.24) is 9.88 Å². The van der Waals surface area contributed by atoms with Crippen molar-refractivity contribution in [3.05, 3.63) is 22.8 Å². The van der Waals surface area contributed by atoms with Gasteiger partial charge in [-0.05, 0) is 12.5 Å². The Kier molecular flexibility index (Phi) is 7.42. The maximum atomic E-state index is 12.2. The number of hydrogen-bond donors (Lipinski definition) is 2. The lowest BCUT2D eigenvalue weighted by Gasteiger charge is -2.20. The predicted octanol–water partition coefficient (Wildman–Crippen LogP) is 1.64. The van der Waals surface area contributed by atoms with Gasteiger partial charge in [-0.1, -0.05) is 18.5 Å². The maximum absolute atomic E-state index is 12.2. The van der Waals surface area contributed by atoms with E-state index in [4.69, 9.17) is 16.3 Å². The number of likely N-dealkylation sites (N-methyl/N-ethyl adjacent to an activating group) is 1. The van der Waals surface area contributed by atoms with Crippen LogP contribution in [0.2, 0.25) is 5.02 Å². The minimum Gasteiger partial charge on any atom is -0.389 e. The molecule has 0 aliphatic heterocycles. The number of anilines is 1. The molecule has 0 aliphatic rings. The minimum absolute atomic E-state index is 0.177. The second-order valence-corrected chi connectivity index (χ2v) is 5.18. The Balaban J connectivity index is 2.71. The number of aliphatic hydroxyl groups is 1. The third-order valence-corrected chi connectivity index (χ3v) is 3.11. The quantitative estimate of drug-likeness (QED) is 0.763. The lowest BCUT2D eigenvalue weighted by Crippen LogP contribution is -2.36. The molecule has 0 saturated heterocycles. The number of halogens is 1. The van der Waals surface area contributed by atoms with Crippen molar-refractivity contribution in [3.8, 4) is 0 Å². The molecule has 2 N–H and O–H groups in total. The highest BCUT2D eigenvalue weighted by atomic mass is 35.5. The summed E-state index contributed by atoms with van der Waals surface area (Å²) in [6.45, 7) is 3.17. The topological polar surface area (TPSA) is 74.7 Å². The normalized spacial score (nSPS) is 12.0. The van der Waals surface area contributed by atoms with Gasteiger partial charge in [-0.15, -0.1) is 0 Å². The fraction of sp³-hybridized carbons (Fsp3) is 0.571. The lowest BCUT2D eigenvalue weighted by molar-refractivity contribution is 0.0380. The van der Waals surface area contributed by atoms with Crippen LogP contribution in [-0.4, -0.2) is 60.9 Å². The van der Waals surface area contributed by atoms with E-state index in [-0.39, 0.29) is 19.1 Å². The fourth-order valence-corrected chi connectivity index (χ4v) is 2.03. The Labute approximate surface area is 130 Å². The second kappa shape index (κ2) is 8.81. The van der Waals surface area contributed by atoms with Crippen LogP contribution in [0.1, 0.15) is 23.7 Å². The number of methoxy groups -OCH3 is 1. The van der Waals surface area contributed by atoms with Crippen molar-refractivity contribution < 1.29 is 14.6 Å². The summed E-state index contributed by atoms with van der Waals surface area (Å²) in [7, 11) is 3.11. The van der Waals surface area contributed by atoms with E-state index in [1.807, 2.05) is 6.92 Å². The van der Waals surface area contributed by atoms with Crippen LogP contribution in [0.3, 0.4) is 0 Å². The molecule has 21 heavy (non-hydrogen) atoms. The molecule has 1 rings (SSSR count). The van der Waals surface area contributed by atoms with Gasteiger partial charge in [0.2, 0.25) is 0 Å². The first-order chi connectivity index (χ1) is 9.99. The van der Waals surface area contributed by atoms with Gasteiger partial charge < -0.3 is 20.1 Å². The molecular formula is C14H22ClN3O3. The monoisotopic (exact) mass is 315 g/mol. The van der Waals surface area contributed by atoms with Crippen molar-refractivity contribution in [2.24, 2.45) is 0 Å². The van der Waals surface area contributed by atoms with Gasteiger partial charge in [0.1, 0.15) is 5.82 Å². The number of carbonyl (C=O) groups excluding carboxylic acids is 1. The molecule has 118 valence electrons. The molecule has 1 aromatic rings. The summed E-state index contributed by atoms with van der Waals surface area (Å²) in [6.07, 6.45) is 1.71. The summed E-state index contributed by atoms with van der Waals surface area (Å²) in [6, 6.07) is 1.58. The zero-order chi connectivity index (χ0) is 15.8. The molecule has 0 bridgehead atoms. The molecular weight excluding hydrogens is 294 g/mol. The van der Waals surface area contributed by atoms with Gasteiger partial charge in [0, 0.05) is 33.4 Å². The average molecular weight is 316 g/mol. The van der Waals surface area contributed by atoms with E-state index in [2.05, 4.69) is 10.3 Å². The Bertz CT molecular complexity index is 471. The third kappa shape index (κ3) is 5.49. The molecule has 1 aromatic heterocycles.